The second kappa shape index (κ2) is 9.68. The number of hydrogen-bond donors (Lipinski definition) is 1. The number of hydrogen-bond acceptors (Lipinski definition) is 7. The third-order valence-electron chi connectivity index (χ3n) is 5.58. The fourth-order valence-electron chi connectivity index (χ4n) is 4.01. The molecule has 2 aliphatic rings. The summed E-state index contributed by atoms with van der Waals surface area (Å²) in [4.78, 5) is 12.7. The summed E-state index contributed by atoms with van der Waals surface area (Å²) in [5, 5.41) is 16.0. The highest BCUT2D eigenvalue weighted by atomic mass is 32.2. The van der Waals surface area contributed by atoms with Crippen LogP contribution in [0.3, 0.4) is 0 Å². The summed E-state index contributed by atoms with van der Waals surface area (Å²) in [7, 11) is 0. The highest BCUT2D eigenvalue weighted by molar-refractivity contribution is 7.99. The Morgan fingerprint density at radius 2 is 1.97 bits per heavy atom. The topological polar surface area (TPSA) is 91.2 Å². The van der Waals surface area contributed by atoms with Crippen molar-refractivity contribution in [3.8, 4) is 11.5 Å². The number of benzene rings is 1. The molecule has 0 radical (unpaired) electrons. The maximum Gasteiger partial charge on any atom is 0.230 e. The molecule has 1 aromatic carbocycles. The first-order valence-electron chi connectivity index (χ1n) is 10.7. The number of aromatic nitrogens is 4. The second-order valence-electron chi connectivity index (χ2n) is 8.18. The van der Waals surface area contributed by atoms with Crippen molar-refractivity contribution in [3.05, 3.63) is 23.8 Å². The minimum atomic E-state index is -0.110. The van der Waals surface area contributed by atoms with Gasteiger partial charge in [-0.2, -0.15) is 0 Å². The van der Waals surface area contributed by atoms with Gasteiger partial charge in [0.05, 0.1) is 31.1 Å². The molecule has 1 aromatic heterocycles. The van der Waals surface area contributed by atoms with E-state index >= 15 is 0 Å². The molecule has 162 valence electrons. The molecular formula is C21H29N5O3S. The van der Waals surface area contributed by atoms with Crippen LogP contribution in [0.4, 0.5) is 0 Å². The Labute approximate surface area is 181 Å². The molecule has 9 heteroatoms. The fourth-order valence-corrected chi connectivity index (χ4v) is 4.77. The lowest BCUT2D eigenvalue weighted by Crippen LogP contribution is -2.33. The number of tetrazole rings is 1. The Balaban J connectivity index is 1.40. The van der Waals surface area contributed by atoms with Crippen molar-refractivity contribution >= 4 is 17.7 Å². The van der Waals surface area contributed by atoms with Crippen molar-refractivity contribution < 1.29 is 14.3 Å². The number of amides is 1. The molecule has 0 unspecified atom stereocenters. The number of nitrogens with one attached hydrogen (secondary N) is 1. The summed E-state index contributed by atoms with van der Waals surface area (Å²) in [5.74, 6) is 1.98. The van der Waals surface area contributed by atoms with Crippen LogP contribution < -0.4 is 14.8 Å². The zero-order valence-electron chi connectivity index (χ0n) is 17.5. The highest BCUT2D eigenvalue weighted by Gasteiger charge is 2.24. The van der Waals surface area contributed by atoms with Crippen LogP contribution in [-0.4, -0.2) is 45.1 Å². The van der Waals surface area contributed by atoms with Gasteiger partial charge in [0, 0.05) is 6.42 Å². The van der Waals surface area contributed by atoms with Crippen LogP contribution in [0.1, 0.15) is 63.6 Å². The average Bonchev–Trinajstić information content (AvgIpc) is 3.37. The number of ether oxygens (including phenoxy) is 2. The van der Waals surface area contributed by atoms with E-state index in [1.807, 2.05) is 22.9 Å². The van der Waals surface area contributed by atoms with E-state index in [4.69, 9.17) is 9.47 Å². The maximum atomic E-state index is 12.7. The molecule has 0 saturated heterocycles. The van der Waals surface area contributed by atoms with Crippen LogP contribution in [0.25, 0.3) is 0 Å². The molecule has 1 aliphatic heterocycles. The molecule has 2 heterocycles. The summed E-state index contributed by atoms with van der Waals surface area (Å²) in [5.41, 5.74) is 1.02. The highest BCUT2D eigenvalue weighted by Crippen LogP contribution is 2.34. The van der Waals surface area contributed by atoms with Crippen molar-refractivity contribution in [1.29, 1.82) is 0 Å². The zero-order chi connectivity index (χ0) is 20.9. The van der Waals surface area contributed by atoms with Gasteiger partial charge >= 0.3 is 0 Å². The van der Waals surface area contributed by atoms with Gasteiger partial charge in [-0.25, -0.2) is 4.68 Å². The average molecular weight is 432 g/mol. The Morgan fingerprint density at radius 1 is 1.20 bits per heavy atom. The molecule has 0 spiro atoms. The van der Waals surface area contributed by atoms with E-state index in [0.29, 0.717) is 24.4 Å². The molecule has 4 rings (SSSR count). The SMILES string of the molecule is CC(C)[C@@H](NC(=O)CSc1nnnn1C1CCCC1)c1ccc2c(c1)OCCCO2. The van der Waals surface area contributed by atoms with E-state index in [-0.39, 0.29) is 23.6 Å². The lowest BCUT2D eigenvalue weighted by Gasteiger charge is -2.24. The third kappa shape index (κ3) is 4.88. The summed E-state index contributed by atoms with van der Waals surface area (Å²) >= 11 is 1.39. The Bertz CT molecular complexity index is 866. The van der Waals surface area contributed by atoms with Crippen LogP contribution in [-0.2, 0) is 4.79 Å². The normalized spacial score (nSPS) is 17.7. The van der Waals surface area contributed by atoms with Crippen molar-refractivity contribution in [1.82, 2.24) is 25.5 Å². The number of carbonyl (C=O) groups is 1. The number of thioether (sulfide) groups is 1. The summed E-state index contributed by atoms with van der Waals surface area (Å²) in [6.07, 6.45) is 5.49. The third-order valence-corrected chi connectivity index (χ3v) is 6.51. The molecule has 1 saturated carbocycles. The number of carbonyl (C=O) groups excluding carboxylic acids is 1. The van der Waals surface area contributed by atoms with E-state index in [9.17, 15) is 4.79 Å². The van der Waals surface area contributed by atoms with Crippen LogP contribution in [0, 0.1) is 5.92 Å². The summed E-state index contributed by atoms with van der Waals surface area (Å²) < 4.78 is 13.4. The van der Waals surface area contributed by atoms with Crippen LogP contribution in [0.5, 0.6) is 11.5 Å². The molecule has 1 N–H and O–H groups in total. The van der Waals surface area contributed by atoms with Crippen molar-refractivity contribution in [3.63, 3.8) is 0 Å². The lowest BCUT2D eigenvalue weighted by molar-refractivity contribution is -0.119. The standard InChI is InChI=1S/C21H29N5O3S/c1-14(2)20(15-8-9-17-18(12-15)29-11-5-10-28-17)22-19(27)13-30-21-23-24-25-26(21)16-6-3-4-7-16/h8-9,12,14,16,20H,3-7,10-11,13H2,1-2H3,(H,22,27)/t20-/m1/s1. The van der Waals surface area contributed by atoms with Gasteiger partial charge in [-0.05, 0) is 46.9 Å². The smallest absolute Gasteiger partial charge is 0.230 e. The van der Waals surface area contributed by atoms with Crippen molar-refractivity contribution in [2.75, 3.05) is 19.0 Å². The van der Waals surface area contributed by atoms with E-state index in [1.54, 1.807) is 0 Å². The molecule has 1 fully saturated rings. The van der Waals surface area contributed by atoms with Crippen LogP contribution >= 0.6 is 11.8 Å². The first kappa shape index (κ1) is 21.0. The molecular weight excluding hydrogens is 402 g/mol. The largest absolute Gasteiger partial charge is 0.490 e. The summed E-state index contributed by atoms with van der Waals surface area (Å²) in [6, 6.07) is 6.17. The monoisotopic (exact) mass is 431 g/mol. The predicted octanol–water partition coefficient (Wildman–Crippen LogP) is 3.56. The van der Waals surface area contributed by atoms with E-state index < -0.39 is 0 Å². The van der Waals surface area contributed by atoms with Gasteiger partial charge in [0.1, 0.15) is 0 Å². The molecule has 0 bridgehead atoms. The number of fused-ring (bicyclic) bond motifs is 1. The molecule has 2 aromatic rings. The fraction of sp³-hybridized carbons (Fsp3) is 0.619. The maximum absolute atomic E-state index is 12.7. The predicted molar refractivity (Wildman–Crippen MR) is 114 cm³/mol. The van der Waals surface area contributed by atoms with Gasteiger partial charge < -0.3 is 14.8 Å². The molecule has 1 aliphatic carbocycles. The summed E-state index contributed by atoms with van der Waals surface area (Å²) in [6.45, 7) is 5.50. The molecule has 1 amide bonds. The minimum Gasteiger partial charge on any atom is -0.490 e. The lowest BCUT2D eigenvalue weighted by atomic mass is 9.95. The second-order valence-corrected chi connectivity index (χ2v) is 9.12. The number of nitrogens with zero attached hydrogens (tertiary/aromatic N) is 4. The van der Waals surface area contributed by atoms with Crippen LogP contribution in [0.2, 0.25) is 0 Å². The first-order chi connectivity index (χ1) is 14.6. The molecule has 8 nitrogen and oxygen atoms in total. The zero-order valence-corrected chi connectivity index (χ0v) is 18.4. The van der Waals surface area contributed by atoms with Crippen molar-refractivity contribution in [2.24, 2.45) is 5.92 Å². The molecule has 30 heavy (non-hydrogen) atoms. The quantitative estimate of drug-likeness (QED) is 0.670. The van der Waals surface area contributed by atoms with E-state index in [2.05, 4.69) is 34.7 Å². The van der Waals surface area contributed by atoms with Gasteiger partial charge in [-0.3, -0.25) is 4.79 Å². The minimum absolute atomic E-state index is 0.0354. The van der Waals surface area contributed by atoms with E-state index in [1.165, 1.54) is 24.6 Å². The van der Waals surface area contributed by atoms with Gasteiger partial charge in [0.2, 0.25) is 11.1 Å². The number of rotatable bonds is 7. The van der Waals surface area contributed by atoms with E-state index in [0.717, 1.165) is 36.3 Å². The molecule has 1 atom stereocenters. The Morgan fingerprint density at radius 3 is 2.73 bits per heavy atom. The van der Waals surface area contributed by atoms with Gasteiger partial charge in [-0.1, -0.05) is 44.5 Å². The van der Waals surface area contributed by atoms with Gasteiger partial charge in [-0.15, -0.1) is 5.10 Å². The Kier molecular flexibility index (Phi) is 6.76. The van der Waals surface area contributed by atoms with Gasteiger partial charge in [0.15, 0.2) is 11.5 Å². The van der Waals surface area contributed by atoms with Crippen molar-refractivity contribution in [2.45, 2.75) is 63.2 Å². The van der Waals surface area contributed by atoms with Gasteiger partial charge in [0.25, 0.3) is 0 Å². The Hall–Kier alpha value is -2.29. The first-order valence-corrected chi connectivity index (χ1v) is 11.7. The van der Waals surface area contributed by atoms with Crippen LogP contribution in [0.15, 0.2) is 23.4 Å².